The average molecular weight is 354 g/mol. The van der Waals surface area contributed by atoms with Gasteiger partial charge in [-0.2, -0.15) is 0 Å². The fourth-order valence-electron chi connectivity index (χ4n) is 2.40. The summed E-state index contributed by atoms with van der Waals surface area (Å²) in [4.78, 5) is 4.12. The molecular formula is C12H11Cl3N2O4. The van der Waals surface area contributed by atoms with Gasteiger partial charge in [0, 0.05) is 0 Å². The van der Waals surface area contributed by atoms with Gasteiger partial charge in [-0.05, 0) is 23.7 Å². The molecule has 0 bridgehead atoms. The van der Waals surface area contributed by atoms with Crippen LogP contribution in [-0.4, -0.2) is 49.8 Å². The molecule has 1 saturated heterocycles. The molecular weight excluding hydrogens is 343 g/mol. The fourth-order valence-corrected chi connectivity index (χ4v) is 2.99. The van der Waals surface area contributed by atoms with Crippen molar-refractivity contribution in [2.24, 2.45) is 0 Å². The van der Waals surface area contributed by atoms with Crippen molar-refractivity contribution in [2.75, 3.05) is 6.61 Å². The molecule has 0 unspecified atom stereocenters. The smallest absolute Gasteiger partial charge is 0.206 e. The Morgan fingerprint density at radius 3 is 2.43 bits per heavy atom. The van der Waals surface area contributed by atoms with Crippen molar-refractivity contribution in [3.63, 3.8) is 0 Å². The summed E-state index contributed by atoms with van der Waals surface area (Å²) in [5.74, 6) is 0. The number of aliphatic hydroxyl groups is 3. The third-order valence-electron chi connectivity index (χ3n) is 3.46. The Morgan fingerprint density at radius 2 is 1.81 bits per heavy atom. The minimum atomic E-state index is -1.26. The maximum Gasteiger partial charge on any atom is 0.206 e. The first kappa shape index (κ1) is 15.3. The lowest BCUT2D eigenvalue weighted by Gasteiger charge is -2.18. The van der Waals surface area contributed by atoms with Crippen LogP contribution in [-0.2, 0) is 4.74 Å². The molecule has 1 aromatic heterocycles. The number of aliphatic hydroxyl groups excluding tert-OH is 3. The predicted molar refractivity (Wildman–Crippen MR) is 77.8 cm³/mol. The number of imidazole rings is 1. The van der Waals surface area contributed by atoms with Crippen LogP contribution in [0.15, 0.2) is 12.1 Å². The largest absolute Gasteiger partial charge is 0.394 e. The van der Waals surface area contributed by atoms with Crippen LogP contribution in [0.1, 0.15) is 6.23 Å². The molecule has 3 N–H and O–H groups in total. The second-order valence-electron chi connectivity index (χ2n) is 4.73. The first-order valence-electron chi connectivity index (χ1n) is 6.09. The quantitative estimate of drug-likeness (QED) is 0.763. The van der Waals surface area contributed by atoms with E-state index in [1.165, 1.54) is 4.57 Å². The average Bonchev–Trinajstić information content (AvgIpc) is 2.89. The molecule has 1 fully saturated rings. The molecule has 1 aliphatic heterocycles. The van der Waals surface area contributed by atoms with Gasteiger partial charge < -0.3 is 20.1 Å². The van der Waals surface area contributed by atoms with Gasteiger partial charge in [-0.15, -0.1) is 0 Å². The molecule has 9 heteroatoms. The highest BCUT2D eigenvalue weighted by atomic mass is 35.5. The second kappa shape index (κ2) is 5.55. The fraction of sp³-hybridized carbons (Fsp3) is 0.417. The molecule has 21 heavy (non-hydrogen) atoms. The molecule has 2 aromatic rings. The molecule has 2 heterocycles. The number of aromatic nitrogens is 2. The van der Waals surface area contributed by atoms with Crippen LogP contribution in [0, 0.1) is 0 Å². The monoisotopic (exact) mass is 352 g/mol. The first-order valence-corrected chi connectivity index (χ1v) is 7.22. The van der Waals surface area contributed by atoms with E-state index >= 15 is 0 Å². The van der Waals surface area contributed by atoms with Crippen LogP contribution in [0.4, 0.5) is 0 Å². The lowest BCUT2D eigenvalue weighted by atomic mass is 10.1. The molecule has 0 aliphatic carbocycles. The van der Waals surface area contributed by atoms with Crippen molar-refractivity contribution >= 4 is 45.8 Å². The Kier molecular flexibility index (Phi) is 4.04. The minimum Gasteiger partial charge on any atom is -0.394 e. The summed E-state index contributed by atoms with van der Waals surface area (Å²) < 4.78 is 6.86. The highest BCUT2D eigenvalue weighted by Gasteiger charge is 2.44. The first-order chi connectivity index (χ1) is 9.93. The van der Waals surface area contributed by atoms with Gasteiger partial charge in [-0.1, -0.05) is 23.2 Å². The highest BCUT2D eigenvalue weighted by Crippen LogP contribution is 2.36. The van der Waals surface area contributed by atoms with Crippen LogP contribution in [0.5, 0.6) is 0 Å². The maximum atomic E-state index is 10.1. The zero-order valence-electron chi connectivity index (χ0n) is 10.4. The second-order valence-corrected chi connectivity index (χ2v) is 5.89. The Labute approximate surface area is 134 Å². The number of hydrogen-bond acceptors (Lipinski definition) is 5. The Balaban J connectivity index is 2.12. The van der Waals surface area contributed by atoms with Gasteiger partial charge in [0.05, 0.1) is 27.7 Å². The van der Waals surface area contributed by atoms with E-state index in [1.807, 2.05) is 0 Å². The zero-order chi connectivity index (χ0) is 15.3. The summed E-state index contributed by atoms with van der Waals surface area (Å²) in [7, 11) is 0. The number of rotatable bonds is 2. The summed E-state index contributed by atoms with van der Waals surface area (Å²) in [5.41, 5.74) is 0.983. The SMILES string of the molecule is OC[C@@H]1O[C@@H](n2c(Cl)nc3cc(Cl)c(Cl)cc32)[C@H](O)[C@H]1O. The van der Waals surface area contributed by atoms with Crippen molar-refractivity contribution in [1.82, 2.24) is 9.55 Å². The molecule has 1 aromatic carbocycles. The molecule has 0 amide bonds. The standard InChI is InChI=1S/C12H11Cl3N2O4/c13-4-1-6-7(2-5(4)14)17(12(15)16-6)11-10(20)9(19)8(3-18)21-11/h1-2,8-11,18-20H,3H2/t8-,9-,10+,11+/m0/s1. The molecule has 0 spiro atoms. The van der Waals surface area contributed by atoms with E-state index in [4.69, 9.17) is 44.6 Å². The summed E-state index contributed by atoms with van der Waals surface area (Å²) in [6.45, 7) is -0.425. The summed E-state index contributed by atoms with van der Waals surface area (Å²) in [6, 6.07) is 3.09. The molecule has 4 atom stereocenters. The van der Waals surface area contributed by atoms with Gasteiger partial charge in [-0.3, -0.25) is 4.57 Å². The molecule has 3 rings (SSSR count). The molecule has 114 valence electrons. The third kappa shape index (κ3) is 2.41. The maximum absolute atomic E-state index is 10.1. The van der Waals surface area contributed by atoms with Crippen molar-refractivity contribution in [2.45, 2.75) is 24.5 Å². The molecule has 6 nitrogen and oxygen atoms in total. The number of benzene rings is 1. The zero-order valence-corrected chi connectivity index (χ0v) is 12.7. The van der Waals surface area contributed by atoms with Gasteiger partial charge in [-0.25, -0.2) is 4.98 Å². The number of fused-ring (bicyclic) bond motifs is 1. The lowest BCUT2D eigenvalue weighted by molar-refractivity contribution is -0.0507. The number of nitrogens with zero attached hydrogens (tertiary/aromatic N) is 2. The van der Waals surface area contributed by atoms with E-state index in [2.05, 4.69) is 4.98 Å². The van der Waals surface area contributed by atoms with E-state index in [0.717, 1.165) is 0 Å². The van der Waals surface area contributed by atoms with E-state index in [0.29, 0.717) is 21.1 Å². The minimum absolute atomic E-state index is 0.0539. The van der Waals surface area contributed by atoms with Crippen LogP contribution in [0.2, 0.25) is 15.3 Å². The van der Waals surface area contributed by atoms with Crippen LogP contribution in [0.3, 0.4) is 0 Å². The highest BCUT2D eigenvalue weighted by molar-refractivity contribution is 6.42. The van der Waals surface area contributed by atoms with E-state index < -0.39 is 31.1 Å². The summed E-state index contributed by atoms with van der Waals surface area (Å²) in [5, 5.41) is 29.7. The van der Waals surface area contributed by atoms with Crippen LogP contribution < -0.4 is 0 Å². The third-order valence-corrected chi connectivity index (χ3v) is 4.45. The van der Waals surface area contributed by atoms with Crippen molar-refractivity contribution in [1.29, 1.82) is 0 Å². The van der Waals surface area contributed by atoms with Crippen LogP contribution >= 0.6 is 34.8 Å². The molecule has 0 saturated carbocycles. The van der Waals surface area contributed by atoms with Crippen molar-refractivity contribution in [3.05, 3.63) is 27.5 Å². The van der Waals surface area contributed by atoms with Gasteiger partial charge in [0.15, 0.2) is 6.23 Å². The van der Waals surface area contributed by atoms with E-state index in [-0.39, 0.29) is 5.28 Å². The normalized spacial score (nSPS) is 29.4. The number of halogens is 3. The van der Waals surface area contributed by atoms with Gasteiger partial charge >= 0.3 is 0 Å². The van der Waals surface area contributed by atoms with Crippen molar-refractivity contribution < 1.29 is 20.1 Å². The summed E-state index contributed by atoms with van der Waals surface area (Å²) in [6.07, 6.45) is -4.36. The topological polar surface area (TPSA) is 87.7 Å². The molecule has 1 aliphatic rings. The van der Waals surface area contributed by atoms with E-state index in [1.54, 1.807) is 12.1 Å². The van der Waals surface area contributed by atoms with Crippen LogP contribution in [0.25, 0.3) is 11.0 Å². The Hall–Kier alpha value is -0.600. The van der Waals surface area contributed by atoms with Gasteiger partial charge in [0.25, 0.3) is 0 Å². The van der Waals surface area contributed by atoms with Gasteiger partial charge in [0.2, 0.25) is 5.28 Å². The Morgan fingerprint density at radius 1 is 1.14 bits per heavy atom. The summed E-state index contributed by atoms with van der Waals surface area (Å²) >= 11 is 18.0. The lowest BCUT2D eigenvalue weighted by Crippen LogP contribution is -2.33. The van der Waals surface area contributed by atoms with Crippen molar-refractivity contribution in [3.8, 4) is 0 Å². The number of hydrogen-bond donors (Lipinski definition) is 3. The molecule has 0 radical (unpaired) electrons. The predicted octanol–water partition coefficient (Wildman–Crippen LogP) is 1.61. The van der Waals surface area contributed by atoms with E-state index in [9.17, 15) is 10.2 Å². The van der Waals surface area contributed by atoms with Gasteiger partial charge in [0.1, 0.15) is 18.3 Å². The Bertz CT molecular complexity index is 693. The number of ether oxygens (including phenoxy) is 1.